The van der Waals surface area contributed by atoms with E-state index >= 15 is 0 Å². The van der Waals surface area contributed by atoms with Gasteiger partial charge in [0, 0.05) is 6.20 Å². The highest BCUT2D eigenvalue weighted by Gasteiger charge is 2.41. The van der Waals surface area contributed by atoms with E-state index in [1.165, 1.54) is 0 Å². The van der Waals surface area contributed by atoms with Gasteiger partial charge in [0.1, 0.15) is 5.69 Å². The van der Waals surface area contributed by atoms with Crippen molar-refractivity contribution in [3.05, 3.63) is 24.4 Å². The second kappa shape index (κ2) is 5.59. The summed E-state index contributed by atoms with van der Waals surface area (Å²) in [5, 5.41) is 21.3. The Hall–Kier alpha value is -2.31. The molecule has 7 nitrogen and oxygen atoms in total. The summed E-state index contributed by atoms with van der Waals surface area (Å²) in [6.07, 6.45) is 5.98. The first-order valence-electron chi connectivity index (χ1n) is 7.12. The summed E-state index contributed by atoms with van der Waals surface area (Å²) in [7, 11) is 0. The van der Waals surface area contributed by atoms with Crippen LogP contribution in [0, 0.1) is 5.41 Å². The van der Waals surface area contributed by atoms with Crippen LogP contribution in [-0.2, 0) is 11.3 Å². The van der Waals surface area contributed by atoms with Crippen molar-refractivity contribution in [3.8, 4) is 11.5 Å². The molecule has 0 radical (unpaired) electrons. The number of carbonyl (C=O) groups is 1. The maximum absolute atomic E-state index is 11.8. The molecule has 0 amide bonds. The summed E-state index contributed by atoms with van der Waals surface area (Å²) in [6.45, 7) is 0.293. The Morgan fingerprint density at radius 1 is 1.29 bits per heavy atom. The number of carboxylic acid groups (broad SMARTS) is 1. The lowest BCUT2D eigenvalue weighted by atomic mass is 9.74. The molecule has 0 aliphatic heterocycles. The summed E-state index contributed by atoms with van der Waals surface area (Å²) in [4.78, 5) is 16.0. The number of hydrogen-bond donors (Lipinski definition) is 1. The average Bonchev–Trinajstić information content (AvgIpc) is 2.97. The van der Waals surface area contributed by atoms with E-state index in [1.54, 1.807) is 10.9 Å². The fraction of sp³-hybridized carbons (Fsp3) is 0.500. The number of pyridine rings is 1. The summed E-state index contributed by atoms with van der Waals surface area (Å²) in [5.41, 5.74) is -0.115. The average molecular weight is 287 g/mol. The van der Waals surface area contributed by atoms with Crippen molar-refractivity contribution in [2.75, 3.05) is 0 Å². The zero-order chi connectivity index (χ0) is 14.7. The Morgan fingerprint density at radius 2 is 2.10 bits per heavy atom. The molecule has 21 heavy (non-hydrogen) atoms. The van der Waals surface area contributed by atoms with Crippen LogP contribution in [0.15, 0.2) is 24.4 Å². The summed E-state index contributed by atoms with van der Waals surface area (Å²) in [5.74, 6) is -0.244. The number of aromatic nitrogens is 5. The molecule has 110 valence electrons. The van der Waals surface area contributed by atoms with E-state index in [4.69, 9.17) is 0 Å². The number of aliphatic carboxylic acids is 1. The molecule has 3 rings (SSSR count). The van der Waals surface area contributed by atoms with Crippen LogP contribution in [-0.4, -0.2) is 36.3 Å². The summed E-state index contributed by atoms with van der Waals surface area (Å²) in [6, 6.07) is 5.49. The van der Waals surface area contributed by atoms with Gasteiger partial charge < -0.3 is 5.11 Å². The van der Waals surface area contributed by atoms with Crippen LogP contribution in [0.25, 0.3) is 11.5 Å². The number of tetrazole rings is 1. The smallest absolute Gasteiger partial charge is 0.311 e. The van der Waals surface area contributed by atoms with E-state index in [9.17, 15) is 9.90 Å². The van der Waals surface area contributed by atoms with E-state index in [0.29, 0.717) is 30.9 Å². The van der Waals surface area contributed by atoms with Crippen molar-refractivity contribution in [3.63, 3.8) is 0 Å². The van der Waals surface area contributed by atoms with Gasteiger partial charge in [-0.25, -0.2) is 4.68 Å². The predicted molar refractivity (Wildman–Crippen MR) is 74.2 cm³/mol. The highest BCUT2D eigenvalue weighted by molar-refractivity contribution is 5.74. The zero-order valence-corrected chi connectivity index (χ0v) is 11.6. The molecule has 1 aliphatic rings. The molecule has 1 fully saturated rings. The lowest BCUT2D eigenvalue weighted by molar-refractivity contribution is -0.152. The molecule has 0 atom stereocenters. The first kappa shape index (κ1) is 13.7. The molecule has 0 saturated heterocycles. The van der Waals surface area contributed by atoms with Gasteiger partial charge in [0.2, 0.25) is 5.82 Å². The van der Waals surface area contributed by atoms with Gasteiger partial charge >= 0.3 is 5.97 Å². The lowest BCUT2D eigenvalue weighted by Gasteiger charge is -2.32. The number of rotatable bonds is 4. The highest BCUT2D eigenvalue weighted by Crippen LogP contribution is 2.38. The summed E-state index contributed by atoms with van der Waals surface area (Å²) < 4.78 is 1.57. The van der Waals surface area contributed by atoms with Crippen molar-refractivity contribution >= 4 is 5.97 Å². The van der Waals surface area contributed by atoms with Crippen LogP contribution in [0.4, 0.5) is 0 Å². The number of hydrogen-bond acceptors (Lipinski definition) is 5. The van der Waals surface area contributed by atoms with Crippen molar-refractivity contribution in [2.24, 2.45) is 5.41 Å². The highest BCUT2D eigenvalue weighted by atomic mass is 16.4. The topological polar surface area (TPSA) is 93.8 Å². The van der Waals surface area contributed by atoms with Gasteiger partial charge in [-0.05, 0) is 35.4 Å². The molecule has 2 aromatic heterocycles. The second-order valence-electron chi connectivity index (χ2n) is 5.52. The maximum atomic E-state index is 11.8. The third-order valence-electron chi connectivity index (χ3n) is 4.14. The molecular formula is C14H17N5O2. The van der Waals surface area contributed by atoms with Crippen LogP contribution in [0.2, 0.25) is 0 Å². The normalized spacial score (nSPS) is 17.5. The molecule has 1 aliphatic carbocycles. The van der Waals surface area contributed by atoms with Gasteiger partial charge in [0.05, 0.1) is 12.0 Å². The predicted octanol–water partition coefficient (Wildman–Crippen LogP) is 1.77. The molecule has 0 aromatic carbocycles. The first-order chi connectivity index (χ1) is 10.2. The van der Waals surface area contributed by atoms with E-state index in [0.717, 1.165) is 19.3 Å². The van der Waals surface area contributed by atoms with Crippen LogP contribution in [0.3, 0.4) is 0 Å². The molecule has 7 heteroatoms. The fourth-order valence-corrected chi connectivity index (χ4v) is 2.94. The Balaban J connectivity index is 1.91. The Kier molecular flexibility index (Phi) is 3.64. The second-order valence-corrected chi connectivity index (χ2v) is 5.52. The van der Waals surface area contributed by atoms with Gasteiger partial charge in [-0.3, -0.25) is 9.78 Å². The molecule has 2 heterocycles. The maximum Gasteiger partial charge on any atom is 0.311 e. The molecule has 0 bridgehead atoms. The fourth-order valence-electron chi connectivity index (χ4n) is 2.94. The Bertz CT molecular complexity index is 619. The van der Waals surface area contributed by atoms with Gasteiger partial charge in [0.25, 0.3) is 0 Å². The third kappa shape index (κ3) is 2.63. The van der Waals surface area contributed by atoms with Gasteiger partial charge in [-0.1, -0.05) is 25.3 Å². The standard InChI is InChI=1S/C14H17N5O2/c20-13(21)14(7-3-1-4-8-14)10-19-12(16-17-18-19)11-6-2-5-9-15-11/h2,5-6,9H,1,3-4,7-8,10H2,(H,20,21). The van der Waals surface area contributed by atoms with Crippen molar-refractivity contribution in [1.29, 1.82) is 0 Å². The minimum absolute atomic E-state index is 0.293. The minimum atomic E-state index is -0.767. The van der Waals surface area contributed by atoms with Crippen LogP contribution >= 0.6 is 0 Å². The van der Waals surface area contributed by atoms with E-state index in [1.807, 2.05) is 18.2 Å². The van der Waals surface area contributed by atoms with Gasteiger partial charge in [-0.2, -0.15) is 0 Å². The van der Waals surface area contributed by atoms with Gasteiger partial charge in [0.15, 0.2) is 0 Å². The number of carboxylic acids is 1. The SMILES string of the molecule is O=C(O)C1(Cn2nnnc2-c2ccccn2)CCCCC1. The first-order valence-corrected chi connectivity index (χ1v) is 7.12. The quantitative estimate of drug-likeness (QED) is 0.921. The van der Waals surface area contributed by atoms with Crippen LogP contribution in [0.5, 0.6) is 0 Å². The molecule has 0 unspecified atom stereocenters. The van der Waals surface area contributed by atoms with Gasteiger partial charge in [-0.15, -0.1) is 5.10 Å². The van der Waals surface area contributed by atoms with E-state index in [-0.39, 0.29) is 0 Å². The lowest BCUT2D eigenvalue weighted by Crippen LogP contribution is -2.38. The molecular weight excluding hydrogens is 270 g/mol. The van der Waals surface area contributed by atoms with Crippen LogP contribution in [0.1, 0.15) is 32.1 Å². The molecule has 0 spiro atoms. The van der Waals surface area contributed by atoms with E-state index < -0.39 is 11.4 Å². The van der Waals surface area contributed by atoms with Crippen molar-refractivity contribution < 1.29 is 9.90 Å². The Morgan fingerprint density at radius 3 is 2.76 bits per heavy atom. The summed E-state index contributed by atoms with van der Waals surface area (Å²) >= 11 is 0. The van der Waals surface area contributed by atoms with Crippen molar-refractivity contribution in [2.45, 2.75) is 38.6 Å². The third-order valence-corrected chi connectivity index (χ3v) is 4.14. The number of nitrogens with zero attached hydrogens (tertiary/aromatic N) is 5. The largest absolute Gasteiger partial charge is 0.481 e. The van der Waals surface area contributed by atoms with Crippen molar-refractivity contribution in [1.82, 2.24) is 25.2 Å². The molecule has 1 N–H and O–H groups in total. The zero-order valence-electron chi connectivity index (χ0n) is 11.6. The van der Waals surface area contributed by atoms with Crippen LogP contribution < -0.4 is 0 Å². The van der Waals surface area contributed by atoms with E-state index in [2.05, 4.69) is 20.5 Å². The monoisotopic (exact) mass is 287 g/mol. The minimum Gasteiger partial charge on any atom is -0.481 e. The molecule has 1 saturated carbocycles. The molecule has 2 aromatic rings. The Labute approximate surface area is 122 Å².